The molecule has 1 aliphatic heterocycles. The lowest BCUT2D eigenvalue weighted by Crippen LogP contribution is -2.31. The highest BCUT2D eigenvalue weighted by Crippen LogP contribution is 2.36. The van der Waals surface area contributed by atoms with E-state index in [2.05, 4.69) is 20.4 Å². The molecule has 10 nitrogen and oxygen atoms in total. The maximum atomic E-state index is 15.1. The molecule has 0 saturated carbocycles. The summed E-state index contributed by atoms with van der Waals surface area (Å²) in [5.41, 5.74) is -2.04. The van der Waals surface area contributed by atoms with Gasteiger partial charge in [-0.15, -0.1) is 5.10 Å². The van der Waals surface area contributed by atoms with Gasteiger partial charge in [0.15, 0.2) is 21.8 Å². The zero-order chi connectivity index (χ0) is 33.3. The summed E-state index contributed by atoms with van der Waals surface area (Å²) in [4.78, 5) is 37.0. The fourth-order valence-corrected chi connectivity index (χ4v) is 6.04. The number of anilines is 3. The summed E-state index contributed by atoms with van der Waals surface area (Å²) in [6, 6.07) is 13.5. The van der Waals surface area contributed by atoms with E-state index in [0.29, 0.717) is 11.4 Å². The van der Waals surface area contributed by atoms with Gasteiger partial charge in [-0.1, -0.05) is 31.7 Å². The van der Waals surface area contributed by atoms with Crippen LogP contribution in [0.3, 0.4) is 0 Å². The minimum absolute atomic E-state index is 0.0869. The molecule has 0 bridgehead atoms. The highest BCUT2D eigenvalue weighted by Gasteiger charge is 2.38. The average Bonchev–Trinajstić information content (AvgIpc) is 3.64. The molecular weight excluding hydrogens is 647 g/mol. The molecule has 0 spiro atoms. The van der Waals surface area contributed by atoms with Gasteiger partial charge in [0.1, 0.15) is 12.1 Å². The first-order valence-corrected chi connectivity index (χ1v) is 15.8. The van der Waals surface area contributed by atoms with Crippen molar-refractivity contribution in [3.05, 3.63) is 78.4 Å². The molecule has 46 heavy (non-hydrogen) atoms. The molecule has 3 aromatic carbocycles. The Morgan fingerprint density at radius 1 is 1.09 bits per heavy atom. The number of carbonyl (C=O) groups excluding carboxylic acids is 2. The third-order valence-corrected chi connectivity index (χ3v) is 8.89. The summed E-state index contributed by atoms with van der Waals surface area (Å²) < 4.78 is 66.1. The van der Waals surface area contributed by atoms with Crippen LogP contribution >= 0.6 is 11.8 Å². The lowest BCUT2D eigenvalue weighted by Gasteiger charge is -2.24. The maximum absolute atomic E-state index is 15.1. The maximum Gasteiger partial charge on any atom is 0.475 e. The third-order valence-electron chi connectivity index (χ3n) is 6.84. The number of aliphatic imine (C=N–C) groups is 1. The molecule has 0 radical (unpaired) electrons. The van der Waals surface area contributed by atoms with Gasteiger partial charge in [-0.25, -0.2) is 23.1 Å². The average molecular weight is 674 g/mol. The zero-order valence-corrected chi connectivity index (χ0v) is 26.5. The van der Waals surface area contributed by atoms with Gasteiger partial charge in [0.05, 0.1) is 22.8 Å². The van der Waals surface area contributed by atoms with Crippen LogP contribution in [0, 0.1) is 5.82 Å². The fourth-order valence-electron chi connectivity index (χ4n) is 4.54. The van der Waals surface area contributed by atoms with Gasteiger partial charge in [0, 0.05) is 30.2 Å². The number of amides is 3. The summed E-state index contributed by atoms with van der Waals surface area (Å²) in [7, 11) is 0.600. The van der Waals surface area contributed by atoms with Crippen molar-refractivity contribution in [3.8, 4) is 17.1 Å². The number of urea groups is 1. The molecule has 1 N–H and O–H groups in total. The molecule has 5 rings (SSSR count). The first-order valence-electron chi connectivity index (χ1n) is 13.7. The summed E-state index contributed by atoms with van der Waals surface area (Å²) >= 11 is 1.11. The van der Waals surface area contributed by atoms with Crippen molar-refractivity contribution >= 4 is 56.7 Å². The smallest absolute Gasteiger partial charge is 0.378 e. The Kier molecular flexibility index (Phi) is 9.30. The van der Waals surface area contributed by atoms with Crippen LogP contribution in [-0.4, -0.2) is 61.4 Å². The number of hydrogen-bond acceptors (Lipinski definition) is 7. The molecule has 0 aliphatic carbocycles. The van der Waals surface area contributed by atoms with E-state index in [-0.39, 0.29) is 39.8 Å². The molecule has 1 unspecified atom stereocenters. The number of benzene rings is 3. The number of amidine groups is 1. The molecule has 1 saturated heterocycles. The van der Waals surface area contributed by atoms with Crippen LogP contribution in [-0.2, 0) is 15.6 Å². The molecule has 240 valence electrons. The zero-order valence-electron chi connectivity index (χ0n) is 24.9. The molecule has 1 aliphatic rings. The van der Waals surface area contributed by atoms with E-state index in [1.165, 1.54) is 40.2 Å². The molecule has 4 aromatic rings. The first kappa shape index (κ1) is 32.8. The van der Waals surface area contributed by atoms with Gasteiger partial charge in [-0.05, 0) is 66.1 Å². The number of nitrogens with zero attached hydrogens (tertiary/aromatic N) is 6. The van der Waals surface area contributed by atoms with Gasteiger partial charge in [-0.3, -0.25) is 9.69 Å². The quantitative estimate of drug-likeness (QED) is 0.221. The predicted molar refractivity (Wildman–Crippen MR) is 170 cm³/mol. The molecule has 2 heterocycles. The Labute approximate surface area is 268 Å². The Morgan fingerprint density at radius 3 is 2.43 bits per heavy atom. The Hall–Kier alpha value is -4.57. The Bertz CT molecular complexity index is 1860. The Balaban J connectivity index is 1.32. The van der Waals surface area contributed by atoms with Gasteiger partial charge in [0.25, 0.3) is 0 Å². The first-order chi connectivity index (χ1) is 21.7. The summed E-state index contributed by atoms with van der Waals surface area (Å²) in [5.74, 6) is -0.741. The highest BCUT2D eigenvalue weighted by molar-refractivity contribution is 8.15. The van der Waals surface area contributed by atoms with Gasteiger partial charge >= 0.3 is 11.5 Å². The van der Waals surface area contributed by atoms with Crippen LogP contribution in [0.2, 0.25) is 0 Å². The summed E-state index contributed by atoms with van der Waals surface area (Å²) in [6.07, 6.45) is 1.29. The van der Waals surface area contributed by atoms with E-state index in [1.54, 1.807) is 0 Å². The molecule has 1 aromatic heterocycles. The SMILES string of the molecule is CC(C)c1ccc(N(C)C)cc1N1C(=O)CSC1=NC(=O)Nc1ccc(-c2ncn(-c3ccc(S(=O)C(F)(F)F)cc3)n2)cc1F. The van der Waals surface area contributed by atoms with Crippen molar-refractivity contribution in [1.29, 1.82) is 0 Å². The second-order valence-electron chi connectivity index (χ2n) is 10.6. The predicted octanol–water partition coefficient (Wildman–Crippen LogP) is 6.56. The Morgan fingerprint density at radius 2 is 1.80 bits per heavy atom. The number of nitrogens with one attached hydrogen (secondary N) is 1. The number of hydrogen-bond donors (Lipinski definition) is 1. The van der Waals surface area contributed by atoms with Crippen molar-refractivity contribution < 1.29 is 31.4 Å². The van der Waals surface area contributed by atoms with Crippen LogP contribution in [0.5, 0.6) is 0 Å². The number of rotatable bonds is 7. The standard InChI is InChI=1S/C30H27F4N7O3S2/c1-17(2)22-11-8-20(39(3)4)14-25(22)41-26(42)15-45-29(41)37-28(43)36-24-12-5-18(13-23(24)31)27-35-16-40(38-27)19-6-9-21(10-7-19)46(44)30(32,33)34/h5-14,16-17H,15H2,1-4H3,(H,36,43). The largest absolute Gasteiger partial charge is 0.475 e. The minimum Gasteiger partial charge on any atom is -0.378 e. The van der Waals surface area contributed by atoms with Crippen molar-refractivity contribution in [2.45, 2.75) is 30.2 Å². The van der Waals surface area contributed by atoms with Crippen molar-refractivity contribution in [2.24, 2.45) is 4.99 Å². The van der Waals surface area contributed by atoms with Crippen LogP contribution in [0.15, 0.2) is 76.9 Å². The van der Waals surface area contributed by atoms with E-state index in [9.17, 15) is 27.0 Å². The molecular formula is C30H27F4N7O3S2. The van der Waals surface area contributed by atoms with E-state index in [1.807, 2.05) is 51.0 Å². The van der Waals surface area contributed by atoms with E-state index >= 15 is 4.39 Å². The summed E-state index contributed by atoms with van der Waals surface area (Å²) in [6.45, 7) is 4.00. The molecule has 1 atom stereocenters. The third kappa shape index (κ3) is 6.97. The topological polar surface area (TPSA) is 113 Å². The number of alkyl halides is 3. The van der Waals surface area contributed by atoms with Crippen LogP contribution in [0.25, 0.3) is 17.1 Å². The number of aromatic nitrogens is 3. The van der Waals surface area contributed by atoms with Crippen LogP contribution < -0.4 is 15.1 Å². The van der Waals surface area contributed by atoms with Gasteiger partial charge in [-0.2, -0.15) is 18.2 Å². The fraction of sp³-hybridized carbons (Fsp3) is 0.233. The number of carbonyl (C=O) groups is 2. The monoisotopic (exact) mass is 673 g/mol. The molecule has 16 heteroatoms. The molecule has 3 amide bonds. The molecule has 1 fully saturated rings. The lowest BCUT2D eigenvalue weighted by atomic mass is 9.99. The second-order valence-corrected chi connectivity index (χ2v) is 13.0. The second kappa shape index (κ2) is 13.0. The van der Waals surface area contributed by atoms with Crippen LogP contribution in [0.1, 0.15) is 25.3 Å². The van der Waals surface area contributed by atoms with Crippen molar-refractivity contribution in [1.82, 2.24) is 14.8 Å². The van der Waals surface area contributed by atoms with Crippen molar-refractivity contribution in [2.75, 3.05) is 35.0 Å². The lowest BCUT2D eigenvalue weighted by molar-refractivity contribution is -0.115. The van der Waals surface area contributed by atoms with Gasteiger partial charge in [0.2, 0.25) is 5.91 Å². The highest BCUT2D eigenvalue weighted by atomic mass is 32.2. The van der Waals surface area contributed by atoms with Crippen LogP contribution in [0.4, 0.5) is 39.4 Å². The number of thioether (sulfide) groups is 1. The van der Waals surface area contributed by atoms with E-state index in [4.69, 9.17) is 0 Å². The number of halogens is 4. The minimum atomic E-state index is -4.88. The van der Waals surface area contributed by atoms with Gasteiger partial charge < -0.3 is 10.2 Å². The summed E-state index contributed by atoms with van der Waals surface area (Å²) in [5, 5.41) is 6.83. The van der Waals surface area contributed by atoms with Crippen molar-refractivity contribution in [3.63, 3.8) is 0 Å². The van der Waals surface area contributed by atoms with E-state index < -0.39 is 33.1 Å². The van der Waals surface area contributed by atoms with E-state index in [0.717, 1.165) is 41.2 Å². The normalized spacial score (nSPS) is 15.1.